The summed E-state index contributed by atoms with van der Waals surface area (Å²) in [5.41, 5.74) is 1.85. The quantitative estimate of drug-likeness (QED) is 0.480. The molecule has 0 bridgehead atoms. The number of nitrogens with one attached hydrogen (secondary N) is 2. The van der Waals surface area contributed by atoms with E-state index in [9.17, 15) is 12.8 Å². The summed E-state index contributed by atoms with van der Waals surface area (Å²) < 4.78 is 42.9. The molecule has 0 unspecified atom stereocenters. The van der Waals surface area contributed by atoms with Gasteiger partial charge in [-0.2, -0.15) is 18.6 Å². The smallest absolute Gasteiger partial charge is 0.276 e. The van der Waals surface area contributed by atoms with Crippen molar-refractivity contribution in [3.63, 3.8) is 0 Å². The average Bonchev–Trinajstić information content (AvgIpc) is 3.11. The van der Waals surface area contributed by atoms with Crippen molar-refractivity contribution in [2.24, 2.45) is 5.10 Å². The summed E-state index contributed by atoms with van der Waals surface area (Å²) in [4.78, 5) is 2.22. The Morgan fingerprint density at radius 1 is 1.19 bits per heavy atom. The van der Waals surface area contributed by atoms with Gasteiger partial charge in [-0.3, -0.25) is 5.10 Å². The first kappa shape index (κ1) is 18.6. The molecule has 7 nitrogen and oxygen atoms in total. The molecule has 0 aliphatic heterocycles. The van der Waals surface area contributed by atoms with Crippen LogP contribution < -0.4 is 9.57 Å². The van der Waals surface area contributed by atoms with Crippen molar-refractivity contribution >= 4 is 16.2 Å². The Morgan fingerprint density at radius 3 is 2.56 bits per heavy atom. The molecular weight excluding hydrogens is 371 g/mol. The maximum atomic E-state index is 13.1. The Labute approximate surface area is 155 Å². The van der Waals surface area contributed by atoms with Crippen LogP contribution in [-0.2, 0) is 10.0 Å². The van der Waals surface area contributed by atoms with E-state index in [0.29, 0.717) is 29.2 Å². The number of aromatic amines is 1. The molecule has 0 aliphatic rings. The zero-order valence-electron chi connectivity index (χ0n) is 14.4. The lowest BCUT2D eigenvalue weighted by atomic mass is 10.1. The molecule has 0 radical (unpaired) electrons. The number of H-pyrrole nitrogens is 1. The topological polar surface area (TPSA) is 96.4 Å². The molecule has 0 amide bonds. The number of aromatic nitrogens is 2. The van der Waals surface area contributed by atoms with Crippen molar-refractivity contribution in [2.45, 2.75) is 11.8 Å². The third-order valence-electron chi connectivity index (χ3n) is 3.62. The third kappa shape index (κ3) is 4.50. The summed E-state index contributed by atoms with van der Waals surface area (Å²) in [6, 6.07) is 11.8. The number of halogens is 1. The molecule has 0 fully saturated rings. The van der Waals surface area contributed by atoms with Crippen LogP contribution in [0.25, 0.3) is 11.3 Å². The van der Waals surface area contributed by atoms with Crippen molar-refractivity contribution in [1.29, 1.82) is 0 Å². The minimum absolute atomic E-state index is 0.0639. The molecule has 1 heterocycles. The fraction of sp³-hybridized carbons (Fsp3) is 0.111. The van der Waals surface area contributed by atoms with Crippen LogP contribution >= 0.6 is 0 Å². The van der Waals surface area contributed by atoms with E-state index in [1.807, 2.05) is 6.92 Å². The predicted molar refractivity (Wildman–Crippen MR) is 99.5 cm³/mol. The van der Waals surface area contributed by atoms with Gasteiger partial charge in [0.25, 0.3) is 10.0 Å². The summed E-state index contributed by atoms with van der Waals surface area (Å²) >= 11 is 0. The van der Waals surface area contributed by atoms with Gasteiger partial charge in [0.2, 0.25) is 0 Å². The minimum Gasteiger partial charge on any atom is -0.494 e. The zero-order valence-corrected chi connectivity index (χ0v) is 15.2. The molecule has 0 aliphatic carbocycles. The molecule has 140 valence electrons. The highest BCUT2D eigenvalue weighted by atomic mass is 32.2. The van der Waals surface area contributed by atoms with Gasteiger partial charge in [-0.25, -0.2) is 9.22 Å². The van der Waals surface area contributed by atoms with E-state index in [1.54, 1.807) is 24.3 Å². The van der Waals surface area contributed by atoms with Gasteiger partial charge in [0.1, 0.15) is 11.6 Å². The van der Waals surface area contributed by atoms with Crippen LogP contribution in [0.1, 0.15) is 12.5 Å². The maximum Gasteiger partial charge on any atom is 0.276 e. The highest BCUT2D eigenvalue weighted by Crippen LogP contribution is 2.20. The van der Waals surface area contributed by atoms with Gasteiger partial charge < -0.3 is 4.74 Å². The summed E-state index contributed by atoms with van der Waals surface area (Å²) in [7, 11) is -3.81. The zero-order chi connectivity index (χ0) is 19.3. The van der Waals surface area contributed by atoms with E-state index in [-0.39, 0.29) is 10.7 Å². The molecule has 0 spiro atoms. The molecule has 9 heteroatoms. The van der Waals surface area contributed by atoms with Gasteiger partial charge in [-0.1, -0.05) is 0 Å². The summed E-state index contributed by atoms with van der Waals surface area (Å²) in [5, 5.41) is 10.5. The van der Waals surface area contributed by atoms with E-state index in [4.69, 9.17) is 4.74 Å². The maximum absolute atomic E-state index is 13.1. The highest BCUT2D eigenvalue weighted by Gasteiger charge is 2.13. The van der Waals surface area contributed by atoms with Gasteiger partial charge >= 0.3 is 0 Å². The number of sulfonamides is 1. The van der Waals surface area contributed by atoms with E-state index in [2.05, 4.69) is 20.1 Å². The third-order valence-corrected chi connectivity index (χ3v) is 4.86. The van der Waals surface area contributed by atoms with Gasteiger partial charge in [-0.15, -0.1) is 0 Å². The second-order valence-corrected chi connectivity index (χ2v) is 7.13. The van der Waals surface area contributed by atoms with E-state index < -0.39 is 10.0 Å². The molecule has 0 saturated carbocycles. The lowest BCUT2D eigenvalue weighted by Crippen LogP contribution is -2.18. The highest BCUT2D eigenvalue weighted by molar-refractivity contribution is 7.89. The van der Waals surface area contributed by atoms with Crippen LogP contribution in [-0.4, -0.2) is 31.4 Å². The summed E-state index contributed by atoms with van der Waals surface area (Å²) in [6.45, 7) is 2.34. The molecule has 0 saturated heterocycles. The molecule has 2 aromatic carbocycles. The van der Waals surface area contributed by atoms with Crippen LogP contribution in [0, 0.1) is 5.82 Å². The molecule has 1 aromatic heterocycles. The molecule has 3 rings (SSSR count). The number of hydrogen-bond donors (Lipinski definition) is 2. The lowest BCUT2D eigenvalue weighted by molar-refractivity contribution is 0.340. The van der Waals surface area contributed by atoms with Crippen LogP contribution in [0.15, 0.2) is 64.7 Å². The average molecular weight is 388 g/mol. The van der Waals surface area contributed by atoms with Crippen LogP contribution in [0.5, 0.6) is 5.75 Å². The monoisotopic (exact) mass is 388 g/mol. The SMILES string of the molecule is CCOc1ccc(S(=O)(=O)N/N=C\c2cn[nH]c2-c2ccc(F)cc2)cc1. The number of ether oxygens (including phenoxy) is 1. The molecule has 0 atom stereocenters. The molecular formula is C18H17FN4O3S. The number of rotatable bonds is 7. The first-order valence-electron chi connectivity index (χ1n) is 8.06. The van der Waals surface area contributed by atoms with Crippen molar-refractivity contribution in [2.75, 3.05) is 6.61 Å². The predicted octanol–water partition coefficient (Wildman–Crippen LogP) is 2.93. The van der Waals surface area contributed by atoms with Crippen LogP contribution in [0.4, 0.5) is 4.39 Å². The Balaban J connectivity index is 1.74. The van der Waals surface area contributed by atoms with Crippen molar-refractivity contribution in [3.8, 4) is 17.0 Å². The Kier molecular flexibility index (Phi) is 5.51. The van der Waals surface area contributed by atoms with Gasteiger partial charge in [-0.05, 0) is 55.5 Å². The van der Waals surface area contributed by atoms with Crippen molar-refractivity contribution in [1.82, 2.24) is 15.0 Å². The fourth-order valence-corrected chi connectivity index (χ4v) is 3.13. The normalized spacial score (nSPS) is 11.6. The second kappa shape index (κ2) is 8.00. The number of hydrogen-bond acceptors (Lipinski definition) is 5. The minimum atomic E-state index is -3.81. The number of nitrogens with zero attached hydrogens (tertiary/aromatic N) is 2. The van der Waals surface area contributed by atoms with E-state index in [0.717, 1.165) is 0 Å². The largest absolute Gasteiger partial charge is 0.494 e. The number of benzene rings is 2. The van der Waals surface area contributed by atoms with Gasteiger partial charge in [0.05, 0.1) is 29.6 Å². The Morgan fingerprint density at radius 2 is 1.89 bits per heavy atom. The van der Waals surface area contributed by atoms with Crippen molar-refractivity contribution in [3.05, 3.63) is 66.1 Å². The lowest BCUT2D eigenvalue weighted by Gasteiger charge is -2.05. The van der Waals surface area contributed by atoms with Gasteiger partial charge in [0.15, 0.2) is 0 Å². The summed E-state index contributed by atoms with van der Waals surface area (Å²) in [5.74, 6) is 0.235. The Bertz CT molecular complexity index is 1030. The summed E-state index contributed by atoms with van der Waals surface area (Å²) in [6.07, 6.45) is 2.82. The van der Waals surface area contributed by atoms with Crippen LogP contribution in [0.3, 0.4) is 0 Å². The van der Waals surface area contributed by atoms with Gasteiger partial charge in [0, 0.05) is 11.1 Å². The van der Waals surface area contributed by atoms with E-state index >= 15 is 0 Å². The molecule has 3 aromatic rings. The fourth-order valence-electron chi connectivity index (χ4n) is 2.34. The second-order valence-electron chi connectivity index (χ2n) is 5.46. The Hall–Kier alpha value is -3.20. The number of hydrazone groups is 1. The van der Waals surface area contributed by atoms with Crippen LogP contribution in [0.2, 0.25) is 0 Å². The molecule has 27 heavy (non-hydrogen) atoms. The first-order chi connectivity index (χ1) is 13.0. The molecule has 2 N–H and O–H groups in total. The first-order valence-corrected chi connectivity index (χ1v) is 9.55. The van der Waals surface area contributed by atoms with Crippen molar-refractivity contribution < 1.29 is 17.5 Å². The van der Waals surface area contributed by atoms with E-state index in [1.165, 1.54) is 36.7 Å². The standard InChI is InChI=1S/C18H17FN4O3S/c1-2-26-16-7-9-17(10-8-16)27(24,25)23-21-12-14-11-20-22-18(14)13-3-5-15(19)6-4-13/h3-12,23H,2H2,1H3,(H,20,22)/b21-12-.